The molecule has 0 amide bonds. The molecule has 1 aromatic heterocycles. The molecule has 0 spiro atoms. The van der Waals surface area contributed by atoms with E-state index in [1.807, 2.05) is 28.9 Å². The number of fused-ring (bicyclic) bond motifs is 1. The Labute approximate surface area is 158 Å². The fraction of sp³-hybridized carbons (Fsp3) is 0. The first kappa shape index (κ1) is 15.6. The predicted octanol–water partition coefficient (Wildman–Crippen LogP) is 6.36. The number of hydrogen-bond donors (Lipinski definition) is 0. The highest BCUT2D eigenvalue weighted by Crippen LogP contribution is 2.37. The van der Waals surface area contributed by atoms with E-state index < -0.39 is 0 Å². The van der Waals surface area contributed by atoms with Crippen LogP contribution in [0.5, 0.6) is 0 Å². The quantitative estimate of drug-likeness (QED) is 0.372. The maximum atomic E-state index is 5.03. The largest absolute Gasteiger partial charge is 0.232 e. The van der Waals surface area contributed by atoms with E-state index in [4.69, 9.17) is 5.10 Å². The standard InChI is InChI=1S/C25H18N2/c1-4-11-19(12-5-1)22-17-10-18-23-24(22)25(20-13-6-2-7-14-20)26-27(23)21-15-8-3-9-16-21/h1-18H. The molecule has 0 unspecified atom stereocenters. The minimum Gasteiger partial charge on any atom is -0.232 e. The van der Waals surface area contributed by atoms with Crippen molar-refractivity contribution < 1.29 is 0 Å². The van der Waals surface area contributed by atoms with Gasteiger partial charge in [0.15, 0.2) is 0 Å². The van der Waals surface area contributed by atoms with Gasteiger partial charge in [-0.15, -0.1) is 0 Å². The van der Waals surface area contributed by atoms with Gasteiger partial charge in [0.2, 0.25) is 0 Å². The normalized spacial score (nSPS) is 11.0. The van der Waals surface area contributed by atoms with E-state index in [9.17, 15) is 0 Å². The van der Waals surface area contributed by atoms with E-state index in [0.29, 0.717) is 0 Å². The van der Waals surface area contributed by atoms with Crippen molar-refractivity contribution in [3.8, 4) is 28.1 Å². The van der Waals surface area contributed by atoms with Gasteiger partial charge in [0, 0.05) is 10.9 Å². The molecule has 2 nitrogen and oxygen atoms in total. The molecule has 0 radical (unpaired) electrons. The summed E-state index contributed by atoms with van der Waals surface area (Å²) in [5, 5.41) is 6.21. The Morgan fingerprint density at radius 1 is 0.519 bits per heavy atom. The molecule has 5 aromatic rings. The van der Waals surface area contributed by atoms with Gasteiger partial charge in [-0.3, -0.25) is 0 Å². The van der Waals surface area contributed by atoms with Crippen molar-refractivity contribution in [3.05, 3.63) is 109 Å². The lowest BCUT2D eigenvalue weighted by Crippen LogP contribution is -1.95. The molecule has 0 atom stereocenters. The smallest absolute Gasteiger partial charge is 0.101 e. The third kappa shape index (κ3) is 2.72. The zero-order valence-electron chi connectivity index (χ0n) is 14.8. The van der Waals surface area contributed by atoms with Gasteiger partial charge in [-0.2, -0.15) is 5.10 Å². The molecule has 27 heavy (non-hydrogen) atoms. The lowest BCUT2D eigenvalue weighted by Gasteiger charge is -2.06. The number of benzene rings is 4. The van der Waals surface area contributed by atoms with Gasteiger partial charge in [0.05, 0.1) is 11.2 Å². The van der Waals surface area contributed by atoms with Crippen LogP contribution in [0.2, 0.25) is 0 Å². The van der Waals surface area contributed by atoms with Crippen LogP contribution in [-0.2, 0) is 0 Å². The summed E-state index contributed by atoms with van der Waals surface area (Å²) in [7, 11) is 0. The van der Waals surface area contributed by atoms with E-state index >= 15 is 0 Å². The summed E-state index contributed by atoms with van der Waals surface area (Å²) in [6.07, 6.45) is 0. The SMILES string of the molecule is c1ccc(-c2cccc3c2c(-c2ccccc2)nn3-c2ccccc2)cc1. The van der Waals surface area contributed by atoms with E-state index in [1.54, 1.807) is 0 Å². The summed E-state index contributed by atoms with van der Waals surface area (Å²) in [5.74, 6) is 0. The van der Waals surface area contributed by atoms with E-state index in [1.165, 1.54) is 16.5 Å². The summed E-state index contributed by atoms with van der Waals surface area (Å²) in [4.78, 5) is 0. The molecule has 1 heterocycles. The second-order valence-electron chi connectivity index (χ2n) is 6.53. The molecule has 0 aliphatic carbocycles. The topological polar surface area (TPSA) is 17.8 Å². The van der Waals surface area contributed by atoms with Crippen molar-refractivity contribution in [2.45, 2.75) is 0 Å². The van der Waals surface area contributed by atoms with Crippen LogP contribution in [0.1, 0.15) is 0 Å². The Morgan fingerprint density at radius 2 is 1.11 bits per heavy atom. The second-order valence-corrected chi connectivity index (χ2v) is 6.53. The van der Waals surface area contributed by atoms with Crippen LogP contribution in [-0.4, -0.2) is 9.78 Å². The number of hydrogen-bond acceptors (Lipinski definition) is 1. The van der Waals surface area contributed by atoms with E-state index in [0.717, 1.165) is 22.5 Å². The molecule has 5 rings (SSSR count). The number of para-hydroxylation sites is 1. The molecule has 0 saturated carbocycles. The Balaban J connectivity index is 1.87. The zero-order valence-corrected chi connectivity index (χ0v) is 14.8. The average Bonchev–Trinajstić information content (AvgIpc) is 3.15. The van der Waals surface area contributed by atoms with Gasteiger partial charge >= 0.3 is 0 Å². The number of rotatable bonds is 3. The molecule has 0 aliphatic rings. The van der Waals surface area contributed by atoms with Crippen LogP contribution in [0.3, 0.4) is 0 Å². The third-order valence-corrected chi connectivity index (χ3v) is 4.84. The van der Waals surface area contributed by atoms with Crippen LogP contribution in [0.25, 0.3) is 39.0 Å². The molecular formula is C25H18N2. The van der Waals surface area contributed by atoms with Gasteiger partial charge in [-0.1, -0.05) is 91.0 Å². The predicted molar refractivity (Wildman–Crippen MR) is 112 cm³/mol. The third-order valence-electron chi connectivity index (χ3n) is 4.84. The summed E-state index contributed by atoms with van der Waals surface area (Å²) in [6, 6.07) is 37.7. The number of nitrogens with zero attached hydrogens (tertiary/aromatic N) is 2. The monoisotopic (exact) mass is 346 g/mol. The summed E-state index contributed by atoms with van der Waals surface area (Å²) < 4.78 is 2.05. The summed E-state index contributed by atoms with van der Waals surface area (Å²) >= 11 is 0. The molecule has 4 aromatic carbocycles. The lowest BCUT2D eigenvalue weighted by atomic mass is 9.98. The minimum atomic E-state index is 1.01. The van der Waals surface area contributed by atoms with Gasteiger partial charge in [0.1, 0.15) is 5.69 Å². The molecule has 0 saturated heterocycles. The van der Waals surface area contributed by atoms with Gasteiger partial charge in [-0.25, -0.2) is 4.68 Å². The first-order valence-electron chi connectivity index (χ1n) is 9.10. The maximum absolute atomic E-state index is 5.03. The first-order valence-corrected chi connectivity index (χ1v) is 9.10. The van der Waals surface area contributed by atoms with Crippen LogP contribution >= 0.6 is 0 Å². The van der Waals surface area contributed by atoms with Crippen molar-refractivity contribution in [1.82, 2.24) is 9.78 Å². The molecule has 0 fully saturated rings. The van der Waals surface area contributed by atoms with Crippen LogP contribution in [0.4, 0.5) is 0 Å². The van der Waals surface area contributed by atoms with Gasteiger partial charge in [0.25, 0.3) is 0 Å². The maximum Gasteiger partial charge on any atom is 0.101 e. The zero-order chi connectivity index (χ0) is 18.1. The molecular weight excluding hydrogens is 328 g/mol. The van der Waals surface area contributed by atoms with E-state index in [-0.39, 0.29) is 0 Å². The minimum absolute atomic E-state index is 1.01. The average molecular weight is 346 g/mol. The van der Waals surface area contributed by atoms with Crippen molar-refractivity contribution in [2.24, 2.45) is 0 Å². The molecule has 128 valence electrons. The van der Waals surface area contributed by atoms with Crippen molar-refractivity contribution >= 4 is 10.9 Å². The van der Waals surface area contributed by atoms with Crippen LogP contribution in [0, 0.1) is 0 Å². The van der Waals surface area contributed by atoms with E-state index in [2.05, 4.69) is 84.9 Å². The number of aromatic nitrogens is 2. The van der Waals surface area contributed by atoms with Crippen molar-refractivity contribution in [2.75, 3.05) is 0 Å². The van der Waals surface area contributed by atoms with Crippen molar-refractivity contribution in [3.63, 3.8) is 0 Å². The molecule has 0 N–H and O–H groups in total. The summed E-state index contributed by atoms with van der Waals surface area (Å²) in [6.45, 7) is 0. The summed E-state index contributed by atoms with van der Waals surface area (Å²) in [5.41, 5.74) is 6.72. The second kappa shape index (κ2) is 6.58. The Bertz CT molecular complexity index is 1190. The molecule has 0 aliphatic heterocycles. The fourth-order valence-corrected chi connectivity index (χ4v) is 3.59. The first-order chi connectivity index (χ1) is 13.4. The lowest BCUT2D eigenvalue weighted by molar-refractivity contribution is 0.915. The fourth-order valence-electron chi connectivity index (χ4n) is 3.59. The Morgan fingerprint density at radius 3 is 1.78 bits per heavy atom. The Kier molecular flexibility index (Phi) is 3.80. The molecule has 2 heteroatoms. The van der Waals surface area contributed by atoms with Crippen LogP contribution in [0.15, 0.2) is 109 Å². The van der Waals surface area contributed by atoms with Crippen LogP contribution < -0.4 is 0 Å². The highest BCUT2D eigenvalue weighted by Gasteiger charge is 2.17. The highest BCUT2D eigenvalue weighted by molar-refractivity contribution is 6.04. The van der Waals surface area contributed by atoms with Gasteiger partial charge in [-0.05, 0) is 29.3 Å². The Hall–Kier alpha value is -3.65. The van der Waals surface area contributed by atoms with Gasteiger partial charge < -0.3 is 0 Å². The van der Waals surface area contributed by atoms with Crippen molar-refractivity contribution in [1.29, 1.82) is 0 Å². The molecule has 0 bridgehead atoms. The highest BCUT2D eigenvalue weighted by atomic mass is 15.3.